The number of amides is 1. The summed E-state index contributed by atoms with van der Waals surface area (Å²) < 4.78 is 33.6. The number of carbonyl (C=O) groups excluding carboxylic acids is 1. The minimum Gasteiger partial charge on any atom is -0.449 e. The molecule has 0 fully saturated rings. The summed E-state index contributed by atoms with van der Waals surface area (Å²) in [4.78, 5) is 16.1. The third-order valence-corrected chi connectivity index (χ3v) is 7.56. The molecule has 0 saturated carbocycles. The van der Waals surface area contributed by atoms with Crippen molar-refractivity contribution in [2.24, 2.45) is 17.6 Å². The Morgan fingerprint density at radius 2 is 1.74 bits per heavy atom. The number of carbonyl (C=O) groups is 1. The molecule has 9 heteroatoms. The number of sulfonamides is 1. The van der Waals surface area contributed by atoms with E-state index in [0.717, 1.165) is 11.1 Å². The quantitative estimate of drug-likeness (QED) is 0.393. The molecule has 8 nitrogen and oxygen atoms in total. The van der Waals surface area contributed by atoms with Gasteiger partial charge in [-0.3, -0.25) is 4.79 Å². The van der Waals surface area contributed by atoms with Crippen molar-refractivity contribution >= 4 is 15.9 Å². The van der Waals surface area contributed by atoms with Crippen LogP contribution in [0.3, 0.4) is 0 Å². The first-order valence-electron chi connectivity index (χ1n) is 11.6. The maximum atomic E-state index is 13.5. The maximum absolute atomic E-state index is 13.5. The molecule has 0 radical (unpaired) electrons. The van der Waals surface area contributed by atoms with Crippen molar-refractivity contribution in [2.45, 2.75) is 44.6 Å². The zero-order valence-corrected chi connectivity index (χ0v) is 21.1. The van der Waals surface area contributed by atoms with Crippen molar-refractivity contribution in [2.75, 3.05) is 13.1 Å². The van der Waals surface area contributed by atoms with Crippen LogP contribution in [0.5, 0.6) is 0 Å². The average Bonchev–Trinajstić information content (AvgIpc) is 3.24. The fraction of sp³-hybridized carbons (Fsp3) is 0.385. The molecule has 35 heavy (non-hydrogen) atoms. The molecule has 1 aromatic heterocycles. The largest absolute Gasteiger partial charge is 0.449 e. The summed E-state index contributed by atoms with van der Waals surface area (Å²) in [6.07, 6.45) is 0.809. The van der Waals surface area contributed by atoms with Crippen LogP contribution in [0.25, 0.3) is 11.3 Å². The zero-order chi connectivity index (χ0) is 25.6. The standard InChI is InChI=1S/C26H33N3O5S/c1-18(2)15-29(16-25(30)22(14-26(27)31)13-20-7-5-4-6-8-20)35(32,33)23-11-9-21(10-12-23)24-17-34-19(3)28-24/h4-12,17-18,22,25,30H,13-16H2,1-3H3,(H2,27,31)/t22-,25-/m0/s1. The van der Waals surface area contributed by atoms with Crippen LogP contribution >= 0.6 is 0 Å². The van der Waals surface area contributed by atoms with Gasteiger partial charge in [-0.05, 0) is 36.0 Å². The van der Waals surface area contributed by atoms with Gasteiger partial charge in [0, 0.05) is 32.0 Å². The van der Waals surface area contributed by atoms with Crippen molar-refractivity contribution < 1.29 is 22.7 Å². The summed E-state index contributed by atoms with van der Waals surface area (Å²) in [6.45, 7) is 5.64. The highest BCUT2D eigenvalue weighted by atomic mass is 32.2. The number of aliphatic hydroxyl groups excluding tert-OH is 1. The number of rotatable bonds is 12. The first-order chi connectivity index (χ1) is 16.6. The molecule has 0 unspecified atom stereocenters. The molecule has 3 rings (SSSR count). The Balaban J connectivity index is 1.83. The Morgan fingerprint density at radius 1 is 1.09 bits per heavy atom. The average molecular weight is 500 g/mol. The summed E-state index contributed by atoms with van der Waals surface area (Å²) in [5, 5.41) is 11.1. The molecule has 2 atom stereocenters. The normalized spacial score (nSPS) is 13.8. The van der Waals surface area contributed by atoms with Gasteiger partial charge in [0.2, 0.25) is 15.9 Å². The third kappa shape index (κ3) is 7.24. The van der Waals surface area contributed by atoms with E-state index in [0.29, 0.717) is 18.0 Å². The molecule has 0 saturated heterocycles. The van der Waals surface area contributed by atoms with E-state index in [9.17, 15) is 18.3 Å². The highest BCUT2D eigenvalue weighted by molar-refractivity contribution is 7.89. The fourth-order valence-corrected chi connectivity index (χ4v) is 5.62. The van der Waals surface area contributed by atoms with Crippen LogP contribution in [-0.2, 0) is 21.2 Å². The second-order valence-corrected chi connectivity index (χ2v) is 11.1. The first kappa shape index (κ1) is 26.6. The number of hydrogen-bond acceptors (Lipinski definition) is 6. The molecule has 188 valence electrons. The smallest absolute Gasteiger partial charge is 0.243 e. The van der Waals surface area contributed by atoms with Gasteiger partial charge in [-0.15, -0.1) is 0 Å². The monoisotopic (exact) mass is 499 g/mol. The van der Waals surface area contributed by atoms with Crippen LogP contribution in [-0.4, -0.2) is 47.9 Å². The molecule has 0 aliphatic rings. The second-order valence-electron chi connectivity index (χ2n) is 9.18. The zero-order valence-electron chi connectivity index (χ0n) is 20.3. The maximum Gasteiger partial charge on any atom is 0.243 e. The number of benzene rings is 2. The molecule has 3 aromatic rings. The van der Waals surface area contributed by atoms with Gasteiger partial charge in [0.15, 0.2) is 5.89 Å². The van der Waals surface area contributed by atoms with Crippen LogP contribution in [0, 0.1) is 18.8 Å². The van der Waals surface area contributed by atoms with Crippen molar-refractivity contribution in [3.05, 3.63) is 72.3 Å². The van der Waals surface area contributed by atoms with Crippen LogP contribution in [0.2, 0.25) is 0 Å². The van der Waals surface area contributed by atoms with Gasteiger partial charge in [0.05, 0.1) is 11.0 Å². The topological polar surface area (TPSA) is 127 Å². The van der Waals surface area contributed by atoms with Gasteiger partial charge in [0.25, 0.3) is 0 Å². The number of hydrogen-bond donors (Lipinski definition) is 2. The molecule has 0 bridgehead atoms. The predicted octanol–water partition coefficient (Wildman–Crippen LogP) is 3.39. The lowest BCUT2D eigenvalue weighted by Gasteiger charge is -2.30. The van der Waals surface area contributed by atoms with Crippen molar-refractivity contribution in [1.29, 1.82) is 0 Å². The molecule has 0 spiro atoms. The van der Waals surface area contributed by atoms with Gasteiger partial charge < -0.3 is 15.3 Å². The number of aliphatic hydroxyl groups is 1. The molecular formula is C26H33N3O5S. The number of primary amides is 1. The predicted molar refractivity (Wildman–Crippen MR) is 134 cm³/mol. The lowest BCUT2D eigenvalue weighted by molar-refractivity contribution is -0.119. The summed E-state index contributed by atoms with van der Waals surface area (Å²) in [6, 6.07) is 15.9. The minimum absolute atomic E-state index is 0.0260. The number of aromatic nitrogens is 1. The summed E-state index contributed by atoms with van der Waals surface area (Å²) in [5.41, 5.74) is 7.74. The van der Waals surface area contributed by atoms with E-state index in [-0.39, 0.29) is 30.3 Å². The Labute approximate surface area is 206 Å². The number of nitrogens with zero attached hydrogens (tertiary/aromatic N) is 2. The molecule has 0 aliphatic heterocycles. The highest BCUT2D eigenvalue weighted by Crippen LogP contribution is 2.25. The van der Waals surface area contributed by atoms with E-state index < -0.39 is 28.0 Å². The van der Waals surface area contributed by atoms with Crippen molar-refractivity contribution in [3.63, 3.8) is 0 Å². The molecule has 2 aromatic carbocycles. The van der Waals surface area contributed by atoms with Gasteiger partial charge >= 0.3 is 0 Å². The van der Waals surface area contributed by atoms with Crippen LogP contribution < -0.4 is 5.73 Å². The summed E-state index contributed by atoms with van der Waals surface area (Å²) in [7, 11) is -3.91. The molecule has 3 N–H and O–H groups in total. The lowest BCUT2D eigenvalue weighted by atomic mass is 9.90. The van der Waals surface area contributed by atoms with Crippen molar-refractivity contribution in [1.82, 2.24) is 9.29 Å². The summed E-state index contributed by atoms with van der Waals surface area (Å²) >= 11 is 0. The van der Waals surface area contributed by atoms with E-state index in [1.54, 1.807) is 19.1 Å². The Kier molecular flexibility index (Phi) is 8.82. The molecule has 1 amide bonds. The van der Waals surface area contributed by atoms with Crippen LogP contribution in [0.15, 0.2) is 70.2 Å². The van der Waals surface area contributed by atoms with E-state index in [4.69, 9.17) is 10.2 Å². The Morgan fingerprint density at radius 3 is 2.29 bits per heavy atom. The van der Waals surface area contributed by atoms with Crippen molar-refractivity contribution in [3.8, 4) is 11.3 Å². The third-order valence-electron chi connectivity index (χ3n) is 5.71. The molecule has 0 aliphatic carbocycles. The highest BCUT2D eigenvalue weighted by Gasteiger charge is 2.31. The SMILES string of the molecule is Cc1nc(-c2ccc(S(=O)(=O)N(CC(C)C)C[C@H](O)[C@H](CC(N)=O)Cc3ccccc3)cc2)co1. The van der Waals surface area contributed by atoms with E-state index >= 15 is 0 Å². The minimum atomic E-state index is -3.91. The second kappa shape index (κ2) is 11.6. The first-order valence-corrected chi connectivity index (χ1v) is 13.0. The van der Waals surface area contributed by atoms with Gasteiger partial charge in [-0.1, -0.05) is 56.3 Å². The van der Waals surface area contributed by atoms with Crippen LogP contribution in [0.4, 0.5) is 0 Å². The molecular weight excluding hydrogens is 466 g/mol. The number of nitrogens with two attached hydrogens (primary N) is 1. The molecule has 1 heterocycles. The van der Waals surface area contributed by atoms with Crippen LogP contribution in [0.1, 0.15) is 31.7 Å². The Hall–Kier alpha value is -3.01. The van der Waals surface area contributed by atoms with Gasteiger partial charge in [-0.25, -0.2) is 13.4 Å². The Bertz CT molecular complexity index is 1210. The lowest BCUT2D eigenvalue weighted by Crippen LogP contribution is -2.43. The van der Waals surface area contributed by atoms with Gasteiger partial charge in [0.1, 0.15) is 12.0 Å². The number of oxazole rings is 1. The summed E-state index contributed by atoms with van der Waals surface area (Å²) in [5.74, 6) is -0.507. The van der Waals surface area contributed by atoms with E-state index in [2.05, 4.69) is 4.98 Å². The fourth-order valence-electron chi connectivity index (χ4n) is 4.00. The van der Waals surface area contributed by atoms with E-state index in [1.807, 2.05) is 44.2 Å². The van der Waals surface area contributed by atoms with E-state index in [1.165, 1.54) is 22.7 Å². The number of aryl methyl sites for hydroxylation is 1. The van der Waals surface area contributed by atoms with Gasteiger partial charge in [-0.2, -0.15) is 4.31 Å².